The molecule has 0 unspecified atom stereocenters. The summed E-state index contributed by atoms with van der Waals surface area (Å²) in [6.45, 7) is 7.58. The molecule has 1 N–H and O–H groups in total. The first-order valence-electron chi connectivity index (χ1n) is 9.83. The van der Waals surface area contributed by atoms with E-state index in [4.69, 9.17) is 4.74 Å². The highest BCUT2D eigenvalue weighted by molar-refractivity contribution is 5.86. The topological polar surface area (TPSA) is 24.5 Å². The van der Waals surface area contributed by atoms with E-state index in [0.29, 0.717) is 12.1 Å². The number of hydrogen-bond donors (Lipinski definition) is 1. The number of rotatable bonds is 4. The second-order valence-electron chi connectivity index (χ2n) is 7.69. The highest BCUT2D eigenvalue weighted by Crippen LogP contribution is 2.25. The molecule has 0 atom stereocenters. The first kappa shape index (κ1) is 17.0. The first-order valence-corrected chi connectivity index (χ1v) is 9.83. The second kappa shape index (κ2) is 7.86. The van der Waals surface area contributed by atoms with Crippen LogP contribution in [0.25, 0.3) is 10.8 Å². The molecule has 2 aliphatic rings. The molecule has 2 heterocycles. The van der Waals surface area contributed by atoms with Crippen molar-refractivity contribution in [3.8, 4) is 0 Å². The lowest BCUT2D eigenvalue weighted by atomic mass is 9.97. The van der Waals surface area contributed by atoms with E-state index >= 15 is 0 Å². The highest BCUT2D eigenvalue weighted by Gasteiger charge is 2.23. The normalized spacial score (nSPS) is 21.0. The lowest BCUT2D eigenvalue weighted by Crippen LogP contribution is -2.47. The molecule has 0 aromatic heterocycles. The average Bonchev–Trinajstić information content (AvgIpc) is 2.66. The van der Waals surface area contributed by atoms with E-state index in [1.807, 2.05) is 0 Å². The fraction of sp³-hybridized carbons (Fsp3) is 0.545. The molecule has 3 nitrogen and oxygen atoms in total. The van der Waals surface area contributed by atoms with E-state index in [-0.39, 0.29) is 0 Å². The zero-order valence-electron chi connectivity index (χ0n) is 15.3. The van der Waals surface area contributed by atoms with E-state index in [9.17, 15) is 0 Å². The molecule has 0 aliphatic carbocycles. The summed E-state index contributed by atoms with van der Waals surface area (Å²) in [4.78, 5) is 2.64. The number of aryl methyl sites for hydroxylation is 1. The molecule has 2 saturated heterocycles. The van der Waals surface area contributed by atoms with Crippen molar-refractivity contribution in [2.75, 3.05) is 26.3 Å². The van der Waals surface area contributed by atoms with Gasteiger partial charge in [0, 0.05) is 31.8 Å². The second-order valence-corrected chi connectivity index (χ2v) is 7.69. The van der Waals surface area contributed by atoms with E-state index in [1.54, 1.807) is 0 Å². The van der Waals surface area contributed by atoms with Crippen molar-refractivity contribution in [3.05, 3.63) is 47.5 Å². The third-order valence-corrected chi connectivity index (χ3v) is 5.94. The van der Waals surface area contributed by atoms with Gasteiger partial charge in [0.25, 0.3) is 0 Å². The summed E-state index contributed by atoms with van der Waals surface area (Å²) in [5.74, 6) is 0. The minimum absolute atomic E-state index is 0.672. The number of nitrogens with zero attached hydrogens (tertiary/aromatic N) is 1. The minimum atomic E-state index is 0.672. The van der Waals surface area contributed by atoms with Crippen LogP contribution in [-0.2, 0) is 11.3 Å². The fourth-order valence-corrected chi connectivity index (χ4v) is 4.33. The SMILES string of the molecule is Cc1ccc2ccccc2c1CN1CCC(NC2CCOCC2)CC1. The van der Waals surface area contributed by atoms with E-state index in [1.165, 1.54) is 60.7 Å². The lowest BCUT2D eigenvalue weighted by molar-refractivity contribution is 0.0703. The van der Waals surface area contributed by atoms with Gasteiger partial charge in [-0.25, -0.2) is 0 Å². The molecule has 2 fully saturated rings. The maximum Gasteiger partial charge on any atom is 0.0480 e. The predicted octanol–water partition coefficient (Wildman–Crippen LogP) is 3.88. The molecule has 2 aromatic carbocycles. The van der Waals surface area contributed by atoms with Crippen LogP contribution in [0.4, 0.5) is 0 Å². The molecule has 2 aliphatic heterocycles. The summed E-state index contributed by atoms with van der Waals surface area (Å²) in [6.07, 6.45) is 4.88. The first-order chi connectivity index (χ1) is 12.3. The van der Waals surface area contributed by atoms with Crippen molar-refractivity contribution in [1.29, 1.82) is 0 Å². The molecule has 4 rings (SSSR count). The summed E-state index contributed by atoms with van der Waals surface area (Å²) in [5, 5.41) is 6.66. The summed E-state index contributed by atoms with van der Waals surface area (Å²) in [6, 6.07) is 14.7. The summed E-state index contributed by atoms with van der Waals surface area (Å²) < 4.78 is 5.47. The largest absolute Gasteiger partial charge is 0.381 e. The molecule has 134 valence electrons. The van der Waals surface area contributed by atoms with Crippen molar-refractivity contribution in [2.45, 2.75) is 51.2 Å². The fourth-order valence-electron chi connectivity index (χ4n) is 4.33. The Kier molecular flexibility index (Phi) is 5.35. The zero-order chi connectivity index (χ0) is 17.1. The van der Waals surface area contributed by atoms with Crippen LogP contribution in [0.5, 0.6) is 0 Å². The maximum atomic E-state index is 5.47. The molecule has 3 heteroatoms. The number of benzene rings is 2. The Hall–Kier alpha value is -1.42. The van der Waals surface area contributed by atoms with Gasteiger partial charge < -0.3 is 10.1 Å². The van der Waals surface area contributed by atoms with Gasteiger partial charge >= 0.3 is 0 Å². The van der Waals surface area contributed by atoms with Gasteiger partial charge in [-0.05, 0) is 67.6 Å². The maximum absolute atomic E-state index is 5.47. The Bertz CT molecular complexity index is 700. The molecule has 0 amide bonds. The van der Waals surface area contributed by atoms with Crippen LogP contribution in [0.2, 0.25) is 0 Å². The average molecular weight is 338 g/mol. The van der Waals surface area contributed by atoms with Crippen molar-refractivity contribution in [2.24, 2.45) is 0 Å². The van der Waals surface area contributed by atoms with Crippen LogP contribution >= 0.6 is 0 Å². The van der Waals surface area contributed by atoms with Gasteiger partial charge in [-0.15, -0.1) is 0 Å². The van der Waals surface area contributed by atoms with Crippen molar-refractivity contribution >= 4 is 10.8 Å². The van der Waals surface area contributed by atoms with Gasteiger partial charge in [-0.1, -0.05) is 36.4 Å². The van der Waals surface area contributed by atoms with Crippen LogP contribution in [0.1, 0.15) is 36.8 Å². The quantitative estimate of drug-likeness (QED) is 0.915. The minimum Gasteiger partial charge on any atom is -0.381 e. The molecule has 0 bridgehead atoms. The lowest BCUT2D eigenvalue weighted by Gasteiger charge is -2.36. The molecular formula is C22H30N2O. The van der Waals surface area contributed by atoms with Crippen molar-refractivity contribution in [3.63, 3.8) is 0 Å². The number of nitrogens with one attached hydrogen (secondary N) is 1. The zero-order valence-corrected chi connectivity index (χ0v) is 15.3. The van der Waals surface area contributed by atoms with Crippen LogP contribution in [0.3, 0.4) is 0 Å². The Morgan fingerprint density at radius 3 is 2.48 bits per heavy atom. The molecule has 0 radical (unpaired) electrons. The van der Waals surface area contributed by atoms with Crippen molar-refractivity contribution < 1.29 is 4.74 Å². The molecule has 2 aromatic rings. The molecule has 0 spiro atoms. The molecule has 25 heavy (non-hydrogen) atoms. The highest BCUT2D eigenvalue weighted by atomic mass is 16.5. The van der Waals surface area contributed by atoms with Crippen LogP contribution < -0.4 is 5.32 Å². The Morgan fingerprint density at radius 1 is 0.960 bits per heavy atom. The van der Waals surface area contributed by atoms with E-state index in [2.05, 4.69) is 53.5 Å². The molecule has 0 saturated carbocycles. The summed E-state index contributed by atoms with van der Waals surface area (Å²) in [7, 11) is 0. The van der Waals surface area contributed by atoms with E-state index in [0.717, 1.165) is 19.8 Å². The van der Waals surface area contributed by atoms with Crippen LogP contribution in [0.15, 0.2) is 36.4 Å². The van der Waals surface area contributed by atoms with Gasteiger partial charge in [-0.2, -0.15) is 0 Å². The summed E-state index contributed by atoms with van der Waals surface area (Å²) in [5.41, 5.74) is 2.93. The van der Waals surface area contributed by atoms with Crippen LogP contribution in [0, 0.1) is 6.92 Å². The number of fused-ring (bicyclic) bond motifs is 1. The Balaban J connectivity index is 1.36. The number of hydrogen-bond acceptors (Lipinski definition) is 3. The van der Waals surface area contributed by atoms with Gasteiger partial charge in [0.1, 0.15) is 0 Å². The van der Waals surface area contributed by atoms with Crippen LogP contribution in [-0.4, -0.2) is 43.3 Å². The third-order valence-electron chi connectivity index (χ3n) is 5.94. The standard InChI is InChI=1S/C22H30N2O/c1-17-6-7-18-4-2-3-5-21(18)22(17)16-24-12-8-19(9-13-24)23-20-10-14-25-15-11-20/h2-7,19-20,23H,8-16H2,1H3. The predicted molar refractivity (Wildman–Crippen MR) is 104 cm³/mol. The number of piperidine rings is 1. The number of likely N-dealkylation sites (tertiary alicyclic amines) is 1. The van der Waals surface area contributed by atoms with Gasteiger partial charge in [0.15, 0.2) is 0 Å². The Labute approximate surface area is 151 Å². The van der Waals surface area contributed by atoms with E-state index < -0.39 is 0 Å². The summed E-state index contributed by atoms with van der Waals surface area (Å²) >= 11 is 0. The molecular weight excluding hydrogens is 308 g/mol. The smallest absolute Gasteiger partial charge is 0.0480 e. The Morgan fingerprint density at radius 2 is 1.68 bits per heavy atom. The van der Waals surface area contributed by atoms with Gasteiger partial charge in [-0.3, -0.25) is 4.90 Å². The van der Waals surface area contributed by atoms with Gasteiger partial charge in [0.2, 0.25) is 0 Å². The number of ether oxygens (including phenoxy) is 1. The van der Waals surface area contributed by atoms with Crippen molar-refractivity contribution in [1.82, 2.24) is 10.2 Å². The monoisotopic (exact) mass is 338 g/mol. The van der Waals surface area contributed by atoms with Gasteiger partial charge in [0.05, 0.1) is 0 Å². The third kappa shape index (κ3) is 4.05.